The average molecular weight is 366 g/mol. The monoisotopic (exact) mass is 366 g/mol. The number of hydrogen-bond acceptors (Lipinski definition) is 4. The molecule has 0 saturated heterocycles. The summed E-state index contributed by atoms with van der Waals surface area (Å²) in [6, 6.07) is 10.2. The zero-order valence-electron chi connectivity index (χ0n) is 15.5. The molecule has 0 unspecified atom stereocenters. The molecule has 1 aromatic heterocycles. The molecule has 0 radical (unpaired) electrons. The normalized spacial score (nSPS) is 10.8. The Hall–Kier alpha value is -3.35. The van der Waals surface area contributed by atoms with Crippen LogP contribution < -0.4 is 10.6 Å². The lowest BCUT2D eigenvalue weighted by Gasteiger charge is -2.10. The van der Waals surface area contributed by atoms with Gasteiger partial charge < -0.3 is 15.7 Å². The van der Waals surface area contributed by atoms with E-state index in [9.17, 15) is 14.7 Å². The Morgan fingerprint density at radius 3 is 2.48 bits per heavy atom. The number of phenols is 1. The summed E-state index contributed by atoms with van der Waals surface area (Å²) in [6.07, 6.45) is 0. The van der Waals surface area contributed by atoms with Crippen LogP contribution in [0.5, 0.6) is 5.75 Å². The van der Waals surface area contributed by atoms with E-state index in [-0.39, 0.29) is 12.3 Å². The number of carbonyl (C=O) groups excluding carboxylic acids is 2. The van der Waals surface area contributed by atoms with Crippen LogP contribution in [0.15, 0.2) is 36.4 Å². The number of nitrogens with one attached hydrogen (secondary N) is 2. The number of aromatic hydroxyl groups is 1. The molecule has 0 aliphatic heterocycles. The molecule has 140 valence electrons. The third kappa shape index (κ3) is 3.62. The van der Waals surface area contributed by atoms with Crippen molar-refractivity contribution < 1.29 is 14.7 Å². The topological polar surface area (TPSA) is 96.2 Å². The molecule has 1 heterocycles. The standard InChI is InChI=1S/C20H22N4O3/c1-4-24-13(3)16(12(2)23-24)11-21-19(26)20(27)22-17-9-5-8-15-14(17)7-6-10-18(15)25/h5-10,25H,4,11H2,1-3H3,(H,21,26)(H,22,27). The first kappa shape index (κ1) is 18.4. The van der Waals surface area contributed by atoms with Gasteiger partial charge in [0, 0.05) is 40.8 Å². The van der Waals surface area contributed by atoms with E-state index < -0.39 is 11.8 Å². The first-order chi connectivity index (χ1) is 12.9. The highest BCUT2D eigenvalue weighted by Crippen LogP contribution is 2.29. The van der Waals surface area contributed by atoms with E-state index in [0.717, 1.165) is 23.5 Å². The second-order valence-corrected chi connectivity index (χ2v) is 6.28. The summed E-state index contributed by atoms with van der Waals surface area (Å²) in [6.45, 7) is 6.80. The minimum atomic E-state index is -0.760. The van der Waals surface area contributed by atoms with Crippen LogP contribution >= 0.6 is 0 Å². The van der Waals surface area contributed by atoms with Crippen molar-refractivity contribution >= 4 is 28.3 Å². The quantitative estimate of drug-likeness (QED) is 0.619. The molecule has 0 spiro atoms. The molecule has 2 aromatic carbocycles. The Labute approximate surface area is 157 Å². The molecule has 0 aliphatic carbocycles. The number of benzene rings is 2. The SMILES string of the molecule is CCn1nc(C)c(CNC(=O)C(=O)Nc2cccc3c(O)cccc23)c1C. The van der Waals surface area contributed by atoms with Gasteiger partial charge in [0.1, 0.15) is 5.75 Å². The van der Waals surface area contributed by atoms with Crippen molar-refractivity contribution in [1.29, 1.82) is 0 Å². The number of fused-ring (bicyclic) bond motifs is 1. The highest BCUT2D eigenvalue weighted by Gasteiger charge is 2.17. The van der Waals surface area contributed by atoms with Crippen molar-refractivity contribution in [2.75, 3.05) is 5.32 Å². The molecule has 0 bridgehead atoms. The van der Waals surface area contributed by atoms with Crippen LogP contribution in [0.25, 0.3) is 10.8 Å². The maximum absolute atomic E-state index is 12.3. The fourth-order valence-electron chi connectivity index (χ4n) is 3.13. The average Bonchev–Trinajstić information content (AvgIpc) is 2.93. The van der Waals surface area contributed by atoms with E-state index >= 15 is 0 Å². The van der Waals surface area contributed by atoms with Gasteiger partial charge in [-0.25, -0.2) is 0 Å². The fraction of sp³-hybridized carbons (Fsp3) is 0.250. The summed E-state index contributed by atoms with van der Waals surface area (Å²) in [5, 5.41) is 20.8. The van der Waals surface area contributed by atoms with Gasteiger partial charge in [-0.1, -0.05) is 24.3 Å². The summed E-state index contributed by atoms with van der Waals surface area (Å²) in [7, 11) is 0. The van der Waals surface area contributed by atoms with Crippen LogP contribution in [0.2, 0.25) is 0 Å². The van der Waals surface area contributed by atoms with Crippen LogP contribution in [0.3, 0.4) is 0 Å². The number of aromatic nitrogens is 2. The van der Waals surface area contributed by atoms with Gasteiger partial charge in [0.2, 0.25) is 0 Å². The van der Waals surface area contributed by atoms with Crippen LogP contribution in [0.1, 0.15) is 23.9 Å². The predicted molar refractivity (Wildman–Crippen MR) is 103 cm³/mol. The van der Waals surface area contributed by atoms with E-state index in [1.165, 1.54) is 0 Å². The number of aryl methyl sites for hydroxylation is 2. The van der Waals surface area contributed by atoms with E-state index in [4.69, 9.17) is 0 Å². The molecule has 3 aromatic rings. The van der Waals surface area contributed by atoms with Crippen LogP contribution in [0.4, 0.5) is 5.69 Å². The van der Waals surface area contributed by atoms with E-state index in [1.54, 1.807) is 36.4 Å². The number of phenolic OH excluding ortho intramolecular Hbond substituents is 1. The fourth-order valence-corrected chi connectivity index (χ4v) is 3.13. The third-order valence-corrected chi connectivity index (χ3v) is 4.61. The third-order valence-electron chi connectivity index (χ3n) is 4.61. The van der Waals surface area contributed by atoms with Crippen molar-refractivity contribution in [3.63, 3.8) is 0 Å². The lowest BCUT2D eigenvalue weighted by molar-refractivity contribution is -0.136. The van der Waals surface area contributed by atoms with Crippen molar-refractivity contribution in [1.82, 2.24) is 15.1 Å². The number of amides is 2. The maximum Gasteiger partial charge on any atom is 0.313 e. The highest BCUT2D eigenvalue weighted by atomic mass is 16.3. The smallest absolute Gasteiger partial charge is 0.313 e. The van der Waals surface area contributed by atoms with Crippen LogP contribution in [-0.4, -0.2) is 26.7 Å². The molecule has 0 aliphatic rings. The summed E-state index contributed by atoms with van der Waals surface area (Å²) >= 11 is 0. The van der Waals surface area contributed by atoms with E-state index in [0.29, 0.717) is 16.5 Å². The maximum atomic E-state index is 12.3. The van der Waals surface area contributed by atoms with Gasteiger partial charge in [-0.3, -0.25) is 14.3 Å². The summed E-state index contributed by atoms with van der Waals surface area (Å²) in [4.78, 5) is 24.5. The molecule has 7 nitrogen and oxygen atoms in total. The Morgan fingerprint density at radius 1 is 1.07 bits per heavy atom. The zero-order chi connectivity index (χ0) is 19.6. The molecule has 0 atom stereocenters. The first-order valence-corrected chi connectivity index (χ1v) is 8.75. The van der Waals surface area contributed by atoms with Gasteiger partial charge in [0.25, 0.3) is 0 Å². The molecule has 3 N–H and O–H groups in total. The Bertz CT molecular complexity index is 1020. The lowest BCUT2D eigenvalue weighted by atomic mass is 10.1. The Balaban J connectivity index is 1.71. The van der Waals surface area contributed by atoms with Crippen molar-refractivity contribution in [2.24, 2.45) is 0 Å². The first-order valence-electron chi connectivity index (χ1n) is 8.75. The van der Waals surface area contributed by atoms with Crippen molar-refractivity contribution in [2.45, 2.75) is 33.9 Å². The largest absolute Gasteiger partial charge is 0.507 e. The molecule has 0 fully saturated rings. The second kappa shape index (κ2) is 7.49. The number of nitrogens with zero attached hydrogens (tertiary/aromatic N) is 2. The minimum absolute atomic E-state index is 0.118. The van der Waals surface area contributed by atoms with Gasteiger partial charge in [0.15, 0.2) is 0 Å². The number of carbonyl (C=O) groups is 2. The second-order valence-electron chi connectivity index (χ2n) is 6.28. The van der Waals surface area contributed by atoms with Gasteiger partial charge in [-0.15, -0.1) is 0 Å². The van der Waals surface area contributed by atoms with Crippen LogP contribution in [0, 0.1) is 13.8 Å². The molecule has 2 amide bonds. The zero-order valence-corrected chi connectivity index (χ0v) is 15.5. The van der Waals surface area contributed by atoms with E-state index in [2.05, 4.69) is 15.7 Å². The predicted octanol–water partition coefficient (Wildman–Crippen LogP) is 2.63. The van der Waals surface area contributed by atoms with Crippen molar-refractivity contribution in [3.8, 4) is 5.75 Å². The Morgan fingerprint density at radius 2 is 1.78 bits per heavy atom. The van der Waals surface area contributed by atoms with Gasteiger partial charge in [0.05, 0.1) is 5.69 Å². The molecule has 7 heteroatoms. The van der Waals surface area contributed by atoms with Gasteiger partial charge in [-0.2, -0.15) is 5.10 Å². The summed E-state index contributed by atoms with van der Waals surface area (Å²) in [5.41, 5.74) is 3.18. The number of rotatable bonds is 4. The Kier molecular flexibility index (Phi) is 5.12. The van der Waals surface area contributed by atoms with Gasteiger partial charge >= 0.3 is 11.8 Å². The number of hydrogen-bond donors (Lipinski definition) is 3. The highest BCUT2D eigenvalue weighted by molar-refractivity contribution is 6.40. The van der Waals surface area contributed by atoms with Crippen LogP contribution in [-0.2, 0) is 22.7 Å². The minimum Gasteiger partial charge on any atom is -0.507 e. The molecular formula is C20H22N4O3. The molecule has 27 heavy (non-hydrogen) atoms. The number of anilines is 1. The van der Waals surface area contributed by atoms with Crippen molar-refractivity contribution in [3.05, 3.63) is 53.3 Å². The van der Waals surface area contributed by atoms with Gasteiger partial charge in [-0.05, 0) is 32.9 Å². The molecule has 0 saturated carbocycles. The van der Waals surface area contributed by atoms with E-state index in [1.807, 2.05) is 25.5 Å². The molecule has 3 rings (SSSR count). The lowest BCUT2D eigenvalue weighted by Crippen LogP contribution is -2.35. The molecular weight excluding hydrogens is 344 g/mol. The summed E-state index contributed by atoms with van der Waals surface area (Å²) in [5.74, 6) is -1.37. The summed E-state index contributed by atoms with van der Waals surface area (Å²) < 4.78 is 1.86.